The van der Waals surface area contributed by atoms with E-state index in [4.69, 9.17) is 18.9 Å². The quantitative estimate of drug-likeness (QED) is 0.310. The van der Waals surface area contributed by atoms with Gasteiger partial charge in [0.2, 0.25) is 5.91 Å². The summed E-state index contributed by atoms with van der Waals surface area (Å²) < 4.78 is 22.4. The maximum Gasteiger partial charge on any atom is 0.410 e. The van der Waals surface area contributed by atoms with Gasteiger partial charge in [0.05, 0.1) is 26.8 Å². The molecule has 41 heavy (non-hydrogen) atoms. The fourth-order valence-corrected chi connectivity index (χ4v) is 5.67. The number of cyclic esters (lactones) is 1. The average Bonchev–Trinajstić information content (AvgIpc) is 3.35. The third kappa shape index (κ3) is 6.28. The SMILES string of the molecule is COC(=O)C1C[C@@H]2CN1C(=O)[C@H](C(C)(C)C)NC(=O)OCC1(C/C=C/COc3cccc4c3CN(C4)C(=O)O2)CC1. The van der Waals surface area contributed by atoms with E-state index in [9.17, 15) is 19.2 Å². The summed E-state index contributed by atoms with van der Waals surface area (Å²) in [6.45, 7) is 6.80. The highest BCUT2D eigenvalue weighted by atomic mass is 16.6. The third-order valence-corrected chi connectivity index (χ3v) is 8.38. The summed E-state index contributed by atoms with van der Waals surface area (Å²) >= 11 is 0. The predicted octanol–water partition coefficient (Wildman–Crippen LogP) is 3.54. The zero-order valence-corrected chi connectivity index (χ0v) is 24.1. The molecule has 0 aromatic heterocycles. The first-order valence-corrected chi connectivity index (χ1v) is 14.2. The van der Waals surface area contributed by atoms with Gasteiger partial charge in [-0.25, -0.2) is 14.4 Å². The van der Waals surface area contributed by atoms with E-state index in [-0.39, 0.29) is 25.0 Å². The molecule has 3 heterocycles. The van der Waals surface area contributed by atoms with Crippen molar-refractivity contribution < 1.29 is 38.1 Å². The number of amides is 3. The zero-order chi connectivity index (χ0) is 29.4. The molecule has 11 heteroatoms. The number of benzene rings is 1. The summed E-state index contributed by atoms with van der Waals surface area (Å²) in [6.07, 6.45) is 4.77. The number of nitrogens with zero attached hydrogens (tertiary/aromatic N) is 2. The molecule has 3 aliphatic heterocycles. The largest absolute Gasteiger partial charge is 0.489 e. The summed E-state index contributed by atoms with van der Waals surface area (Å²) in [5.41, 5.74) is 1.11. The molecule has 1 aromatic rings. The Morgan fingerprint density at radius 2 is 1.88 bits per heavy atom. The number of carbonyl (C=O) groups is 4. The van der Waals surface area contributed by atoms with E-state index in [2.05, 4.69) is 5.32 Å². The summed E-state index contributed by atoms with van der Waals surface area (Å²) in [7, 11) is 1.25. The molecule has 1 N–H and O–H groups in total. The van der Waals surface area contributed by atoms with Gasteiger partial charge in [-0.05, 0) is 36.3 Å². The van der Waals surface area contributed by atoms with Crippen molar-refractivity contribution in [2.24, 2.45) is 10.8 Å². The van der Waals surface area contributed by atoms with Crippen LogP contribution in [0.15, 0.2) is 30.4 Å². The number of esters is 1. The number of allylic oxidation sites excluding steroid dienone is 1. The normalized spacial score (nSPS) is 27.2. The lowest BCUT2D eigenvalue weighted by Crippen LogP contribution is -2.57. The van der Waals surface area contributed by atoms with Gasteiger partial charge in [-0.1, -0.05) is 45.1 Å². The van der Waals surface area contributed by atoms with Gasteiger partial charge in [-0.3, -0.25) is 9.69 Å². The van der Waals surface area contributed by atoms with Crippen LogP contribution >= 0.6 is 0 Å². The summed E-state index contributed by atoms with van der Waals surface area (Å²) in [5, 5.41) is 2.74. The number of ether oxygens (including phenoxy) is 4. The first-order valence-electron chi connectivity index (χ1n) is 14.2. The van der Waals surface area contributed by atoms with Crippen molar-refractivity contribution >= 4 is 24.1 Å². The molecule has 4 aliphatic rings. The fraction of sp³-hybridized carbons (Fsp3) is 0.600. The van der Waals surface area contributed by atoms with Gasteiger partial charge < -0.3 is 29.2 Å². The second-order valence-corrected chi connectivity index (χ2v) is 12.5. The topological polar surface area (TPSA) is 124 Å². The van der Waals surface area contributed by atoms with Gasteiger partial charge in [0.15, 0.2) is 0 Å². The van der Waals surface area contributed by atoms with Crippen molar-refractivity contribution in [2.45, 2.75) is 77.7 Å². The number of hydrogen-bond acceptors (Lipinski definition) is 8. The van der Waals surface area contributed by atoms with Crippen LogP contribution in [0.25, 0.3) is 0 Å². The van der Waals surface area contributed by atoms with Crippen LogP contribution < -0.4 is 10.1 Å². The van der Waals surface area contributed by atoms with Gasteiger partial charge in [-0.15, -0.1) is 0 Å². The highest BCUT2D eigenvalue weighted by Gasteiger charge is 2.48. The molecule has 3 atom stereocenters. The number of rotatable bonds is 1. The van der Waals surface area contributed by atoms with Crippen molar-refractivity contribution in [3.05, 3.63) is 41.5 Å². The van der Waals surface area contributed by atoms with Gasteiger partial charge in [0.25, 0.3) is 0 Å². The first-order chi connectivity index (χ1) is 19.5. The number of hydrogen-bond donors (Lipinski definition) is 1. The highest BCUT2D eigenvalue weighted by Crippen LogP contribution is 2.49. The van der Waals surface area contributed by atoms with Gasteiger partial charge in [0.1, 0.15) is 30.5 Å². The van der Waals surface area contributed by atoms with E-state index in [0.717, 1.165) is 30.4 Å². The smallest absolute Gasteiger partial charge is 0.410 e. The summed E-state index contributed by atoms with van der Waals surface area (Å²) in [6, 6.07) is 3.82. The molecular formula is C30H39N3O8. The van der Waals surface area contributed by atoms with Crippen LogP contribution in [0.3, 0.4) is 0 Å². The van der Waals surface area contributed by atoms with Gasteiger partial charge in [-0.2, -0.15) is 0 Å². The second kappa shape index (κ2) is 11.3. The van der Waals surface area contributed by atoms with Gasteiger partial charge in [0, 0.05) is 23.9 Å². The summed E-state index contributed by atoms with van der Waals surface area (Å²) in [4.78, 5) is 55.6. The lowest BCUT2D eigenvalue weighted by Gasteiger charge is -2.34. The lowest BCUT2D eigenvalue weighted by molar-refractivity contribution is -0.152. The van der Waals surface area contributed by atoms with E-state index in [1.807, 2.05) is 51.1 Å². The van der Waals surface area contributed by atoms with Crippen molar-refractivity contribution in [3.63, 3.8) is 0 Å². The minimum Gasteiger partial charge on any atom is -0.489 e. The van der Waals surface area contributed by atoms with Crippen LogP contribution in [-0.2, 0) is 36.9 Å². The molecule has 1 saturated carbocycles. The molecule has 11 nitrogen and oxygen atoms in total. The third-order valence-electron chi connectivity index (χ3n) is 8.38. The van der Waals surface area contributed by atoms with Crippen LogP contribution in [0, 0.1) is 10.8 Å². The van der Waals surface area contributed by atoms with Gasteiger partial charge >= 0.3 is 18.2 Å². The monoisotopic (exact) mass is 569 g/mol. The van der Waals surface area contributed by atoms with E-state index in [1.54, 1.807) is 4.90 Å². The molecule has 1 spiro atoms. The first kappa shape index (κ1) is 28.8. The lowest BCUT2D eigenvalue weighted by atomic mass is 9.85. The Balaban J connectivity index is 1.41. The standard InChI is InChI=1S/C30H39N3O8/c1-29(2,3)24-25(34)33-16-20(14-22(33)26(35)38-4)41-28(37)32-15-19-8-7-9-23(21(19)17-32)39-13-6-5-10-30(11-12-30)18-40-27(36)31-24/h5-9,20,22,24H,10-18H2,1-4H3,(H,31,36)/b6-5+/t20-,22?,24-/m1/s1. The Hall–Kier alpha value is -3.76. The van der Waals surface area contributed by atoms with E-state index < -0.39 is 47.7 Å². The Bertz CT molecular complexity index is 1230. The van der Waals surface area contributed by atoms with Crippen LogP contribution in [0.4, 0.5) is 9.59 Å². The second-order valence-electron chi connectivity index (χ2n) is 12.5. The fourth-order valence-electron chi connectivity index (χ4n) is 5.67. The van der Waals surface area contributed by atoms with Crippen LogP contribution in [-0.4, -0.2) is 78.9 Å². The Labute approximate surface area is 240 Å². The Morgan fingerprint density at radius 1 is 1.10 bits per heavy atom. The highest BCUT2D eigenvalue weighted by molar-refractivity contribution is 5.91. The molecule has 2 fully saturated rings. The maximum absolute atomic E-state index is 13.9. The number of alkyl carbamates (subject to hydrolysis) is 1. The van der Waals surface area contributed by atoms with Crippen molar-refractivity contribution in [1.29, 1.82) is 0 Å². The van der Waals surface area contributed by atoms with Crippen LogP contribution in [0.1, 0.15) is 57.6 Å². The molecule has 5 rings (SSSR count). The maximum atomic E-state index is 13.9. The molecule has 0 radical (unpaired) electrons. The summed E-state index contributed by atoms with van der Waals surface area (Å²) in [5.74, 6) is -0.361. The molecule has 4 bridgehead atoms. The van der Waals surface area contributed by atoms with E-state index >= 15 is 0 Å². The number of fused-ring (bicyclic) bond motifs is 3. The molecule has 1 saturated heterocycles. The van der Waals surface area contributed by atoms with Crippen LogP contribution in [0.2, 0.25) is 0 Å². The molecule has 3 amide bonds. The minimum atomic E-state index is -0.982. The molecule has 222 valence electrons. The molecule has 1 aliphatic carbocycles. The zero-order valence-electron chi connectivity index (χ0n) is 24.1. The van der Waals surface area contributed by atoms with Crippen LogP contribution in [0.5, 0.6) is 5.75 Å². The van der Waals surface area contributed by atoms with Crippen molar-refractivity contribution in [3.8, 4) is 5.75 Å². The number of nitrogens with one attached hydrogen (secondary N) is 1. The Morgan fingerprint density at radius 3 is 2.59 bits per heavy atom. The Kier molecular flexibility index (Phi) is 7.89. The number of carbonyl (C=O) groups excluding carboxylic acids is 4. The van der Waals surface area contributed by atoms with E-state index in [1.165, 1.54) is 12.0 Å². The molecular weight excluding hydrogens is 530 g/mol. The van der Waals surface area contributed by atoms with Crippen molar-refractivity contribution in [2.75, 3.05) is 26.9 Å². The van der Waals surface area contributed by atoms with E-state index in [0.29, 0.717) is 25.4 Å². The average molecular weight is 570 g/mol. The van der Waals surface area contributed by atoms with Crippen molar-refractivity contribution in [1.82, 2.24) is 15.1 Å². The molecule has 1 unspecified atom stereocenters. The molecule has 1 aromatic carbocycles. The predicted molar refractivity (Wildman–Crippen MR) is 147 cm³/mol. The minimum absolute atomic E-state index is 0.00240. The number of methoxy groups -OCH3 is 1.